The van der Waals surface area contributed by atoms with E-state index < -0.39 is 5.97 Å². The quantitative estimate of drug-likeness (QED) is 0.761. The molecule has 13 heavy (non-hydrogen) atoms. The number of hydrogen-bond donors (Lipinski definition) is 1. The smallest absolute Gasteiger partial charge is 0.316 e. The molecule has 1 rings (SSSR count). The molecule has 1 atom stereocenters. The molecule has 0 bridgehead atoms. The van der Waals surface area contributed by atoms with Gasteiger partial charge >= 0.3 is 5.97 Å². The van der Waals surface area contributed by atoms with Crippen LogP contribution in [0.4, 0.5) is 0 Å². The molecule has 0 aliphatic heterocycles. The van der Waals surface area contributed by atoms with Crippen molar-refractivity contribution in [3.63, 3.8) is 0 Å². The monoisotopic (exact) mass is 202 g/mol. The first kappa shape index (κ1) is 10.9. The zero-order valence-electron chi connectivity index (χ0n) is 8.16. The van der Waals surface area contributed by atoms with Crippen molar-refractivity contribution < 1.29 is 9.90 Å². The third kappa shape index (κ3) is 3.59. The number of hydrogen-bond acceptors (Lipinski definition) is 2. The van der Waals surface area contributed by atoms with Crippen LogP contribution in [0, 0.1) is 0 Å². The van der Waals surface area contributed by atoms with Crippen molar-refractivity contribution in [2.45, 2.75) is 55.9 Å². The summed E-state index contributed by atoms with van der Waals surface area (Å²) >= 11 is 1.67. The summed E-state index contributed by atoms with van der Waals surface area (Å²) in [5, 5.41) is 9.31. The average molecular weight is 202 g/mol. The Balaban J connectivity index is 2.31. The van der Waals surface area contributed by atoms with E-state index in [1.54, 1.807) is 11.8 Å². The summed E-state index contributed by atoms with van der Waals surface area (Å²) in [6.07, 6.45) is 7.09. The molecule has 0 aromatic carbocycles. The van der Waals surface area contributed by atoms with Crippen molar-refractivity contribution in [2.24, 2.45) is 0 Å². The first-order chi connectivity index (χ1) is 6.24. The minimum atomic E-state index is -0.641. The van der Waals surface area contributed by atoms with E-state index in [4.69, 9.17) is 5.11 Å². The Kier molecular flexibility index (Phi) is 4.64. The summed E-state index contributed by atoms with van der Waals surface area (Å²) in [6, 6.07) is 0. The minimum Gasteiger partial charge on any atom is -0.480 e. The van der Waals surface area contributed by atoms with Crippen LogP contribution in [-0.4, -0.2) is 21.6 Å². The van der Waals surface area contributed by atoms with Crippen LogP contribution in [0.2, 0.25) is 0 Å². The van der Waals surface area contributed by atoms with E-state index in [-0.39, 0.29) is 5.25 Å². The van der Waals surface area contributed by atoms with Crippen LogP contribution in [-0.2, 0) is 4.79 Å². The number of aliphatic carboxylic acids is 1. The molecule has 1 fully saturated rings. The summed E-state index contributed by atoms with van der Waals surface area (Å²) in [5.41, 5.74) is 0. The molecular formula is C10H18O2S. The Morgan fingerprint density at radius 1 is 1.46 bits per heavy atom. The van der Waals surface area contributed by atoms with Crippen LogP contribution in [0.25, 0.3) is 0 Å². The molecule has 0 heterocycles. The zero-order valence-corrected chi connectivity index (χ0v) is 8.98. The van der Waals surface area contributed by atoms with E-state index in [1.165, 1.54) is 32.1 Å². The number of carboxylic acids is 1. The maximum atomic E-state index is 10.8. The Morgan fingerprint density at radius 2 is 2.08 bits per heavy atom. The van der Waals surface area contributed by atoms with Crippen molar-refractivity contribution in [2.75, 3.05) is 0 Å². The van der Waals surface area contributed by atoms with E-state index in [0.29, 0.717) is 5.25 Å². The lowest BCUT2D eigenvalue weighted by Gasteiger charge is -2.23. The normalized spacial score (nSPS) is 21.3. The van der Waals surface area contributed by atoms with Gasteiger partial charge in [0.15, 0.2) is 0 Å². The van der Waals surface area contributed by atoms with Crippen LogP contribution < -0.4 is 0 Å². The second-order valence-corrected chi connectivity index (χ2v) is 5.14. The van der Waals surface area contributed by atoms with E-state index in [2.05, 4.69) is 0 Å². The molecule has 1 saturated carbocycles. The third-order valence-electron chi connectivity index (χ3n) is 2.56. The number of rotatable bonds is 4. The van der Waals surface area contributed by atoms with Crippen LogP contribution in [0.15, 0.2) is 0 Å². The van der Waals surface area contributed by atoms with Crippen molar-refractivity contribution in [1.29, 1.82) is 0 Å². The highest BCUT2D eigenvalue weighted by Crippen LogP contribution is 2.32. The van der Waals surface area contributed by atoms with Gasteiger partial charge in [-0.25, -0.2) is 0 Å². The lowest BCUT2D eigenvalue weighted by atomic mass is 10.0. The van der Waals surface area contributed by atoms with Gasteiger partial charge in [0.05, 0.1) is 0 Å². The molecule has 2 nitrogen and oxygen atoms in total. The topological polar surface area (TPSA) is 37.3 Å². The highest BCUT2D eigenvalue weighted by molar-refractivity contribution is 8.01. The molecule has 1 N–H and O–H groups in total. The number of carbonyl (C=O) groups is 1. The van der Waals surface area contributed by atoms with Crippen LogP contribution in [0.1, 0.15) is 45.4 Å². The Morgan fingerprint density at radius 3 is 2.54 bits per heavy atom. The fourth-order valence-corrected chi connectivity index (χ4v) is 3.14. The summed E-state index contributed by atoms with van der Waals surface area (Å²) in [4.78, 5) is 10.8. The fourth-order valence-electron chi connectivity index (χ4n) is 1.76. The van der Waals surface area contributed by atoms with Gasteiger partial charge in [0.1, 0.15) is 5.25 Å². The molecule has 1 aliphatic rings. The van der Waals surface area contributed by atoms with Crippen LogP contribution in [0.5, 0.6) is 0 Å². The molecule has 0 saturated heterocycles. The summed E-state index contributed by atoms with van der Waals surface area (Å²) < 4.78 is 0. The second-order valence-electron chi connectivity index (χ2n) is 3.63. The lowest BCUT2D eigenvalue weighted by Crippen LogP contribution is -2.20. The van der Waals surface area contributed by atoms with Gasteiger partial charge in [-0.05, 0) is 19.3 Å². The summed E-state index contributed by atoms with van der Waals surface area (Å²) in [5.74, 6) is -0.641. The van der Waals surface area contributed by atoms with Crippen LogP contribution in [0.3, 0.4) is 0 Å². The maximum Gasteiger partial charge on any atom is 0.316 e. The van der Waals surface area contributed by atoms with Gasteiger partial charge in [0.25, 0.3) is 0 Å². The maximum absolute atomic E-state index is 10.8. The van der Waals surface area contributed by atoms with Gasteiger partial charge < -0.3 is 5.11 Å². The average Bonchev–Trinajstić information content (AvgIpc) is 2.15. The fraction of sp³-hybridized carbons (Fsp3) is 0.900. The summed E-state index contributed by atoms with van der Waals surface area (Å²) in [6.45, 7) is 1.95. The van der Waals surface area contributed by atoms with Crippen molar-refractivity contribution >= 4 is 17.7 Å². The molecule has 1 aliphatic carbocycles. The summed E-state index contributed by atoms with van der Waals surface area (Å²) in [7, 11) is 0. The van der Waals surface area contributed by atoms with E-state index in [1.807, 2.05) is 6.92 Å². The highest BCUT2D eigenvalue weighted by Gasteiger charge is 2.22. The molecular weight excluding hydrogens is 184 g/mol. The largest absolute Gasteiger partial charge is 0.480 e. The van der Waals surface area contributed by atoms with Gasteiger partial charge in [-0.1, -0.05) is 26.2 Å². The SMILES string of the molecule is CCC(SC1CCCCC1)C(=O)O. The Bertz CT molecular complexity index is 164. The predicted molar refractivity (Wildman–Crippen MR) is 56.2 cm³/mol. The first-order valence-corrected chi connectivity index (χ1v) is 6.06. The van der Waals surface area contributed by atoms with E-state index >= 15 is 0 Å². The highest BCUT2D eigenvalue weighted by atomic mass is 32.2. The molecule has 0 spiro atoms. The van der Waals surface area contributed by atoms with E-state index in [9.17, 15) is 4.79 Å². The molecule has 3 heteroatoms. The Hall–Kier alpha value is -0.180. The molecule has 1 unspecified atom stereocenters. The molecule has 0 aromatic rings. The lowest BCUT2D eigenvalue weighted by molar-refractivity contribution is -0.136. The van der Waals surface area contributed by atoms with Gasteiger partial charge in [0.2, 0.25) is 0 Å². The first-order valence-electron chi connectivity index (χ1n) is 5.12. The van der Waals surface area contributed by atoms with Gasteiger partial charge in [-0.3, -0.25) is 4.79 Å². The standard InChI is InChI=1S/C10H18O2S/c1-2-9(10(11)12)13-8-6-4-3-5-7-8/h8-9H,2-7H2,1H3,(H,11,12). The molecule has 76 valence electrons. The molecule has 0 aromatic heterocycles. The minimum absolute atomic E-state index is 0.178. The number of thioether (sulfide) groups is 1. The predicted octanol–water partition coefficient (Wildman–Crippen LogP) is 2.92. The van der Waals surface area contributed by atoms with Crippen molar-refractivity contribution in [3.05, 3.63) is 0 Å². The molecule has 0 radical (unpaired) electrons. The van der Waals surface area contributed by atoms with Crippen LogP contribution >= 0.6 is 11.8 Å². The third-order valence-corrected chi connectivity index (χ3v) is 4.27. The molecule has 0 amide bonds. The zero-order chi connectivity index (χ0) is 9.68. The Labute approximate surface area is 84.1 Å². The van der Waals surface area contributed by atoms with Crippen molar-refractivity contribution in [1.82, 2.24) is 0 Å². The number of carboxylic acid groups (broad SMARTS) is 1. The van der Waals surface area contributed by atoms with Gasteiger partial charge in [-0.2, -0.15) is 0 Å². The van der Waals surface area contributed by atoms with E-state index in [0.717, 1.165) is 6.42 Å². The van der Waals surface area contributed by atoms with Gasteiger partial charge in [-0.15, -0.1) is 11.8 Å². The van der Waals surface area contributed by atoms with Crippen molar-refractivity contribution in [3.8, 4) is 0 Å². The second kappa shape index (κ2) is 5.53. The van der Waals surface area contributed by atoms with Gasteiger partial charge in [0, 0.05) is 5.25 Å².